The van der Waals surface area contributed by atoms with E-state index in [9.17, 15) is 4.79 Å². The van der Waals surface area contributed by atoms with Crippen LogP contribution in [0.15, 0.2) is 23.8 Å². The van der Waals surface area contributed by atoms with Gasteiger partial charge in [-0.15, -0.1) is 0 Å². The summed E-state index contributed by atoms with van der Waals surface area (Å²) in [4.78, 5) is 11.7. The smallest absolute Gasteiger partial charge is 0.162 e. The Kier molecular flexibility index (Phi) is 2.31. The number of fused-ring (bicyclic) bond motifs is 1. The van der Waals surface area contributed by atoms with Gasteiger partial charge < -0.3 is 5.11 Å². The van der Waals surface area contributed by atoms with Gasteiger partial charge in [0.1, 0.15) is 0 Å². The molecule has 2 heteroatoms. The topological polar surface area (TPSA) is 37.3 Å². The molecule has 2 aliphatic rings. The third-order valence-electron chi connectivity index (χ3n) is 3.57. The molecule has 2 rings (SSSR count). The Labute approximate surface area is 84.3 Å². The molecule has 0 amide bonds. The molecule has 0 spiro atoms. The van der Waals surface area contributed by atoms with Crippen LogP contribution in [-0.2, 0) is 4.79 Å². The van der Waals surface area contributed by atoms with E-state index in [0.29, 0.717) is 5.92 Å². The number of hydrogen-bond acceptors (Lipinski definition) is 2. The van der Waals surface area contributed by atoms with Crippen LogP contribution in [0.1, 0.15) is 26.2 Å². The van der Waals surface area contributed by atoms with E-state index in [4.69, 9.17) is 5.11 Å². The molecule has 2 atom stereocenters. The van der Waals surface area contributed by atoms with Crippen molar-refractivity contribution in [2.45, 2.75) is 26.2 Å². The highest BCUT2D eigenvalue weighted by atomic mass is 16.3. The minimum Gasteiger partial charge on any atom is -0.392 e. The lowest BCUT2D eigenvalue weighted by atomic mass is 9.73. The van der Waals surface area contributed by atoms with Crippen molar-refractivity contribution in [2.75, 3.05) is 6.61 Å². The molecule has 2 aliphatic carbocycles. The number of carbonyl (C=O) groups is 1. The van der Waals surface area contributed by atoms with Crippen LogP contribution in [0.4, 0.5) is 0 Å². The van der Waals surface area contributed by atoms with Crippen LogP contribution in [-0.4, -0.2) is 17.5 Å². The van der Waals surface area contributed by atoms with Gasteiger partial charge in [-0.2, -0.15) is 0 Å². The molecule has 0 aromatic heterocycles. The summed E-state index contributed by atoms with van der Waals surface area (Å²) in [7, 11) is 0. The highest BCUT2D eigenvalue weighted by Gasteiger charge is 2.43. The Morgan fingerprint density at radius 1 is 1.64 bits per heavy atom. The summed E-state index contributed by atoms with van der Waals surface area (Å²) in [5.41, 5.74) is 0.748. The average Bonchev–Trinajstić information content (AvgIpc) is 2.38. The molecule has 1 unspecified atom stereocenters. The first-order chi connectivity index (χ1) is 6.66. The van der Waals surface area contributed by atoms with Crippen LogP contribution in [0, 0.1) is 11.3 Å². The number of carbonyl (C=O) groups excluding carboxylic acids is 1. The normalized spacial score (nSPS) is 36.6. The van der Waals surface area contributed by atoms with Crippen LogP contribution in [0.5, 0.6) is 0 Å². The van der Waals surface area contributed by atoms with E-state index in [1.807, 2.05) is 13.0 Å². The first-order valence-electron chi connectivity index (χ1n) is 5.18. The van der Waals surface area contributed by atoms with Gasteiger partial charge in [-0.25, -0.2) is 0 Å². The second-order valence-electron chi connectivity index (χ2n) is 4.52. The van der Waals surface area contributed by atoms with Crippen molar-refractivity contribution in [3.05, 3.63) is 23.8 Å². The van der Waals surface area contributed by atoms with E-state index in [0.717, 1.165) is 24.8 Å². The maximum absolute atomic E-state index is 11.7. The second-order valence-corrected chi connectivity index (χ2v) is 4.52. The van der Waals surface area contributed by atoms with Gasteiger partial charge >= 0.3 is 0 Å². The third-order valence-corrected chi connectivity index (χ3v) is 3.57. The third kappa shape index (κ3) is 1.34. The molecule has 0 radical (unpaired) electrons. The Hall–Kier alpha value is -0.890. The molecule has 0 bridgehead atoms. The fourth-order valence-corrected chi connectivity index (χ4v) is 2.55. The molecule has 0 aliphatic heterocycles. The molecule has 0 fully saturated rings. The summed E-state index contributed by atoms with van der Waals surface area (Å²) in [5.74, 6) is 0.596. The standard InChI is InChI=1S/C12H16O2/c1-12-7-9(8-13)3-2-4-10(12)5-6-11(12)14/h3,5-6,10,13H,2,4,7-8H2,1H3/t10?,12-/m0/s1. The minimum absolute atomic E-state index is 0.0928. The van der Waals surface area contributed by atoms with Crippen molar-refractivity contribution in [3.63, 3.8) is 0 Å². The molecule has 1 N–H and O–H groups in total. The molecule has 14 heavy (non-hydrogen) atoms. The summed E-state index contributed by atoms with van der Waals surface area (Å²) in [6, 6.07) is 0. The van der Waals surface area contributed by atoms with Gasteiger partial charge in [0.2, 0.25) is 0 Å². The zero-order valence-electron chi connectivity index (χ0n) is 8.49. The van der Waals surface area contributed by atoms with Gasteiger partial charge in [0, 0.05) is 5.41 Å². The maximum atomic E-state index is 11.7. The lowest BCUT2D eigenvalue weighted by Crippen LogP contribution is -2.29. The van der Waals surface area contributed by atoms with Crippen molar-refractivity contribution in [3.8, 4) is 0 Å². The predicted octanol–water partition coefficient (Wildman–Crippen LogP) is 1.85. The molecule has 0 saturated carbocycles. The fraction of sp³-hybridized carbons (Fsp3) is 0.583. The van der Waals surface area contributed by atoms with Gasteiger partial charge in [-0.1, -0.05) is 19.1 Å². The Balaban J connectivity index is 2.28. The lowest BCUT2D eigenvalue weighted by Gasteiger charge is -2.28. The van der Waals surface area contributed by atoms with Gasteiger partial charge in [-0.05, 0) is 36.8 Å². The first-order valence-corrected chi connectivity index (χ1v) is 5.18. The number of hydrogen-bond donors (Lipinski definition) is 1. The van der Waals surface area contributed by atoms with Gasteiger partial charge in [-0.3, -0.25) is 4.79 Å². The van der Waals surface area contributed by atoms with E-state index in [2.05, 4.69) is 6.08 Å². The summed E-state index contributed by atoms with van der Waals surface area (Å²) in [6.45, 7) is 2.12. The van der Waals surface area contributed by atoms with E-state index in [-0.39, 0.29) is 17.8 Å². The van der Waals surface area contributed by atoms with E-state index >= 15 is 0 Å². The van der Waals surface area contributed by atoms with Gasteiger partial charge in [0.05, 0.1) is 6.61 Å². The first kappa shape index (κ1) is 9.66. The van der Waals surface area contributed by atoms with Crippen LogP contribution >= 0.6 is 0 Å². The Morgan fingerprint density at radius 3 is 3.14 bits per heavy atom. The van der Waals surface area contributed by atoms with Crippen molar-refractivity contribution < 1.29 is 9.90 Å². The molecular weight excluding hydrogens is 176 g/mol. The maximum Gasteiger partial charge on any atom is 0.162 e. The summed E-state index contributed by atoms with van der Waals surface area (Å²) < 4.78 is 0. The van der Waals surface area contributed by atoms with Crippen LogP contribution < -0.4 is 0 Å². The molecule has 0 saturated heterocycles. The molecule has 76 valence electrons. The number of allylic oxidation sites excluding steroid dienone is 3. The molecule has 2 nitrogen and oxygen atoms in total. The van der Waals surface area contributed by atoms with Gasteiger partial charge in [0.25, 0.3) is 0 Å². The Bertz CT molecular complexity index is 314. The van der Waals surface area contributed by atoms with Gasteiger partial charge in [0.15, 0.2) is 5.78 Å². The number of rotatable bonds is 1. The quantitative estimate of drug-likeness (QED) is 0.644. The SMILES string of the molecule is C[C@]12CC(CO)=CCCC1C=CC2=O. The van der Waals surface area contributed by atoms with Crippen molar-refractivity contribution in [2.24, 2.45) is 11.3 Å². The molecule has 0 aromatic rings. The predicted molar refractivity (Wildman–Crippen MR) is 54.8 cm³/mol. The molecule has 0 aromatic carbocycles. The highest BCUT2D eigenvalue weighted by Crippen LogP contribution is 2.44. The summed E-state index contributed by atoms with van der Waals surface area (Å²) >= 11 is 0. The molecular formula is C12H16O2. The number of ketones is 1. The van der Waals surface area contributed by atoms with Crippen molar-refractivity contribution in [1.82, 2.24) is 0 Å². The second kappa shape index (κ2) is 3.35. The summed E-state index contributed by atoms with van der Waals surface area (Å²) in [6.07, 6.45) is 8.57. The molecule has 0 heterocycles. The summed E-state index contributed by atoms with van der Waals surface area (Å²) in [5, 5.41) is 9.14. The zero-order chi connectivity index (χ0) is 10.2. The van der Waals surface area contributed by atoms with Crippen molar-refractivity contribution >= 4 is 5.78 Å². The minimum atomic E-state index is -0.273. The fourth-order valence-electron chi connectivity index (χ4n) is 2.55. The van der Waals surface area contributed by atoms with E-state index < -0.39 is 0 Å². The monoisotopic (exact) mass is 192 g/mol. The lowest BCUT2D eigenvalue weighted by molar-refractivity contribution is -0.123. The van der Waals surface area contributed by atoms with E-state index in [1.54, 1.807) is 6.08 Å². The number of aliphatic hydroxyl groups excluding tert-OH is 1. The highest BCUT2D eigenvalue weighted by molar-refractivity contribution is 5.97. The van der Waals surface area contributed by atoms with Crippen molar-refractivity contribution in [1.29, 1.82) is 0 Å². The van der Waals surface area contributed by atoms with Crippen LogP contribution in [0.3, 0.4) is 0 Å². The van der Waals surface area contributed by atoms with Crippen LogP contribution in [0.25, 0.3) is 0 Å². The van der Waals surface area contributed by atoms with E-state index in [1.165, 1.54) is 0 Å². The largest absolute Gasteiger partial charge is 0.392 e. The average molecular weight is 192 g/mol. The zero-order valence-corrected chi connectivity index (χ0v) is 8.49. The van der Waals surface area contributed by atoms with Crippen LogP contribution in [0.2, 0.25) is 0 Å². The Morgan fingerprint density at radius 2 is 2.43 bits per heavy atom. The number of aliphatic hydroxyl groups is 1.